The fourth-order valence-electron chi connectivity index (χ4n) is 2.36. The van der Waals surface area contributed by atoms with Crippen molar-refractivity contribution in [3.8, 4) is 0 Å². The van der Waals surface area contributed by atoms with Crippen LogP contribution in [0.2, 0.25) is 0 Å². The van der Waals surface area contributed by atoms with Gasteiger partial charge >= 0.3 is 0 Å². The van der Waals surface area contributed by atoms with E-state index in [1.54, 1.807) is 0 Å². The Hall–Kier alpha value is -1.13. The predicted octanol–water partition coefficient (Wildman–Crippen LogP) is 4.06. The van der Waals surface area contributed by atoms with Gasteiger partial charge in [-0.05, 0) is 44.9 Å². The van der Waals surface area contributed by atoms with Gasteiger partial charge in [-0.2, -0.15) is 0 Å². The molecule has 20 heavy (non-hydrogen) atoms. The van der Waals surface area contributed by atoms with Crippen LogP contribution in [0.3, 0.4) is 0 Å². The molecule has 0 saturated carbocycles. The van der Waals surface area contributed by atoms with Crippen LogP contribution in [-0.2, 0) is 6.54 Å². The molecule has 1 N–H and O–H groups in total. The van der Waals surface area contributed by atoms with Gasteiger partial charge in [-0.1, -0.05) is 13.8 Å². The predicted molar refractivity (Wildman–Crippen MR) is 86.4 cm³/mol. The van der Waals surface area contributed by atoms with Gasteiger partial charge in [0.15, 0.2) is 0 Å². The number of hydrogen-bond donors (Lipinski definition) is 1. The van der Waals surface area contributed by atoms with Crippen molar-refractivity contribution in [2.45, 2.75) is 53.1 Å². The molecule has 0 aliphatic heterocycles. The number of thiophene rings is 1. The standard InChI is InChI=1S/C16H25N3S/c1-5-7-17-15(14-11-12(3)13(4)20-14)16-18-8-10-19(16)9-6-2/h8,10-11,15,17H,5-7,9H2,1-4H3. The molecule has 1 atom stereocenters. The van der Waals surface area contributed by atoms with E-state index < -0.39 is 0 Å². The maximum atomic E-state index is 4.61. The number of rotatable bonds is 7. The van der Waals surface area contributed by atoms with E-state index in [1.165, 1.54) is 15.3 Å². The van der Waals surface area contributed by atoms with Gasteiger partial charge in [0.05, 0.1) is 0 Å². The summed E-state index contributed by atoms with van der Waals surface area (Å²) < 4.78 is 2.28. The van der Waals surface area contributed by atoms with Gasteiger partial charge < -0.3 is 9.88 Å². The molecule has 0 radical (unpaired) electrons. The summed E-state index contributed by atoms with van der Waals surface area (Å²) in [6.07, 6.45) is 6.27. The summed E-state index contributed by atoms with van der Waals surface area (Å²) >= 11 is 1.88. The molecule has 0 aliphatic rings. The van der Waals surface area contributed by atoms with Crippen molar-refractivity contribution in [3.63, 3.8) is 0 Å². The molecule has 0 bridgehead atoms. The van der Waals surface area contributed by atoms with Crippen molar-refractivity contribution in [2.24, 2.45) is 0 Å². The van der Waals surface area contributed by atoms with Crippen LogP contribution < -0.4 is 5.32 Å². The Morgan fingerprint density at radius 3 is 2.70 bits per heavy atom. The van der Waals surface area contributed by atoms with Crippen molar-refractivity contribution in [3.05, 3.63) is 39.6 Å². The average Bonchev–Trinajstić information content (AvgIpc) is 3.00. The molecule has 0 aliphatic carbocycles. The number of nitrogens with one attached hydrogen (secondary N) is 1. The van der Waals surface area contributed by atoms with Gasteiger partial charge in [0, 0.05) is 28.7 Å². The van der Waals surface area contributed by atoms with Crippen LogP contribution in [0.25, 0.3) is 0 Å². The highest BCUT2D eigenvalue weighted by Gasteiger charge is 2.20. The number of hydrogen-bond acceptors (Lipinski definition) is 3. The first-order valence-electron chi connectivity index (χ1n) is 7.48. The Morgan fingerprint density at radius 1 is 1.30 bits per heavy atom. The molecule has 110 valence electrons. The lowest BCUT2D eigenvalue weighted by Gasteiger charge is -2.18. The molecule has 0 aromatic carbocycles. The summed E-state index contributed by atoms with van der Waals surface area (Å²) in [7, 11) is 0. The fraction of sp³-hybridized carbons (Fsp3) is 0.562. The van der Waals surface area contributed by atoms with Gasteiger partial charge in [0.25, 0.3) is 0 Å². The minimum absolute atomic E-state index is 0.217. The second-order valence-corrected chi connectivity index (χ2v) is 6.54. The lowest BCUT2D eigenvalue weighted by Crippen LogP contribution is -2.25. The van der Waals surface area contributed by atoms with Crippen LogP contribution in [0.5, 0.6) is 0 Å². The molecule has 2 aromatic rings. The largest absolute Gasteiger partial charge is 0.333 e. The van der Waals surface area contributed by atoms with E-state index >= 15 is 0 Å². The van der Waals surface area contributed by atoms with E-state index in [0.29, 0.717) is 0 Å². The van der Waals surface area contributed by atoms with Crippen LogP contribution in [0.15, 0.2) is 18.5 Å². The minimum Gasteiger partial charge on any atom is -0.333 e. The molecule has 2 heterocycles. The molecule has 0 fully saturated rings. The molecule has 2 aromatic heterocycles. The van der Waals surface area contributed by atoms with Gasteiger partial charge in [-0.15, -0.1) is 11.3 Å². The first kappa shape index (κ1) is 15.3. The lowest BCUT2D eigenvalue weighted by atomic mass is 10.2. The highest BCUT2D eigenvalue weighted by molar-refractivity contribution is 7.12. The quantitative estimate of drug-likeness (QED) is 0.833. The number of nitrogens with zero attached hydrogens (tertiary/aromatic N) is 2. The van der Waals surface area contributed by atoms with Crippen LogP contribution in [0, 0.1) is 13.8 Å². The first-order chi connectivity index (χ1) is 9.67. The SMILES string of the molecule is CCCNC(c1cc(C)c(C)s1)c1nccn1CCC. The van der Waals surface area contributed by atoms with E-state index in [4.69, 9.17) is 0 Å². The molecule has 0 saturated heterocycles. The Morgan fingerprint density at radius 2 is 2.10 bits per heavy atom. The molecule has 2 rings (SSSR count). The molecule has 0 spiro atoms. The van der Waals surface area contributed by atoms with E-state index in [0.717, 1.165) is 31.8 Å². The Labute approximate surface area is 126 Å². The van der Waals surface area contributed by atoms with Crippen LogP contribution in [-0.4, -0.2) is 16.1 Å². The zero-order chi connectivity index (χ0) is 14.5. The average molecular weight is 291 g/mol. The van der Waals surface area contributed by atoms with E-state index in [2.05, 4.69) is 54.8 Å². The Kier molecular flexibility index (Phi) is 5.38. The van der Waals surface area contributed by atoms with Crippen molar-refractivity contribution >= 4 is 11.3 Å². The zero-order valence-corrected chi connectivity index (χ0v) is 13.8. The summed E-state index contributed by atoms with van der Waals surface area (Å²) in [5, 5.41) is 3.65. The maximum absolute atomic E-state index is 4.61. The minimum atomic E-state index is 0.217. The maximum Gasteiger partial charge on any atom is 0.131 e. The van der Waals surface area contributed by atoms with Crippen molar-refractivity contribution in [1.82, 2.24) is 14.9 Å². The van der Waals surface area contributed by atoms with Crippen molar-refractivity contribution < 1.29 is 0 Å². The van der Waals surface area contributed by atoms with Gasteiger partial charge in [-0.3, -0.25) is 0 Å². The second-order valence-electron chi connectivity index (χ2n) is 5.25. The van der Waals surface area contributed by atoms with Crippen LogP contribution in [0.4, 0.5) is 0 Å². The van der Waals surface area contributed by atoms with Gasteiger partial charge in [0.1, 0.15) is 11.9 Å². The van der Waals surface area contributed by atoms with Crippen molar-refractivity contribution in [1.29, 1.82) is 0 Å². The highest BCUT2D eigenvalue weighted by atomic mass is 32.1. The monoisotopic (exact) mass is 291 g/mol. The summed E-state index contributed by atoms with van der Waals surface area (Å²) in [6.45, 7) is 10.8. The van der Waals surface area contributed by atoms with E-state index in [1.807, 2.05) is 17.5 Å². The second kappa shape index (κ2) is 7.04. The third-order valence-electron chi connectivity index (χ3n) is 3.54. The number of aromatic nitrogens is 2. The Bertz CT molecular complexity index is 522. The third-order valence-corrected chi connectivity index (χ3v) is 4.76. The molecule has 3 nitrogen and oxygen atoms in total. The summed E-state index contributed by atoms with van der Waals surface area (Å²) in [5.74, 6) is 1.14. The van der Waals surface area contributed by atoms with Crippen LogP contribution in [0.1, 0.15) is 53.9 Å². The Balaban J connectivity index is 2.33. The fourth-order valence-corrected chi connectivity index (χ4v) is 3.48. The topological polar surface area (TPSA) is 29.9 Å². The van der Waals surface area contributed by atoms with Crippen molar-refractivity contribution in [2.75, 3.05) is 6.54 Å². The molecular formula is C16H25N3S. The summed E-state index contributed by atoms with van der Waals surface area (Å²) in [6, 6.07) is 2.52. The van der Waals surface area contributed by atoms with Gasteiger partial charge in [-0.25, -0.2) is 4.98 Å². The molecule has 4 heteroatoms. The summed E-state index contributed by atoms with van der Waals surface area (Å²) in [4.78, 5) is 7.38. The lowest BCUT2D eigenvalue weighted by molar-refractivity contribution is 0.535. The molecule has 0 amide bonds. The number of imidazole rings is 1. The van der Waals surface area contributed by atoms with Gasteiger partial charge in [0.2, 0.25) is 0 Å². The highest BCUT2D eigenvalue weighted by Crippen LogP contribution is 2.30. The molecular weight excluding hydrogens is 266 g/mol. The normalized spacial score (nSPS) is 12.8. The van der Waals surface area contributed by atoms with E-state index in [9.17, 15) is 0 Å². The number of aryl methyl sites for hydroxylation is 3. The smallest absolute Gasteiger partial charge is 0.131 e. The molecule has 1 unspecified atom stereocenters. The zero-order valence-electron chi connectivity index (χ0n) is 12.9. The summed E-state index contributed by atoms with van der Waals surface area (Å²) in [5.41, 5.74) is 1.38. The van der Waals surface area contributed by atoms with E-state index in [-0.39, 0.29) is 6.04 Å². The van der Waals surface area contributed by atoms with Crippen LogP contribution >= 0.6 is 11.3 Å². The third kappa shape index (κ3) is 3.30. The first-order valence-corrected chi connectivity index (χ1v) is 8.30.